The molecule has 0 unspecified atom stereocenters. The van der Waals surface area contributed by atoms with Gasteiger partial charge in [-0.2, -0.15) is 0 Å². The van der Waals surface area contributed by atoms with Crippen molar-refractivity contribution in [1.82, 2.24) is 10.6 Å². The molecule has 0 saturated carbocycles. The van der Waals surface area contributed by atoms with E-state index in [4.69, 9.17) is 12.2 Å². The van der Waals surface area contributed by atoms with Crippen molar-refractivity contribution in [3.8, 4) is 0 Å². The fourth-order valence-electron chi connectivity index (χ4n) is 2.18. The van der Waals surface area contributed by atoms with Crippen LogP contribution in [0.15, 0.2) is 66.7 Å². The van der Waals surface area contributed by atoms with Crippen molar-refractivity contribution in [1.29, 1.82) is 0 Å². The first-order chi connectivity index (χ1) is 9.33. The summed E-state index contributed by atoms with van der Waals surface area (Å²) in [7, 11) is 0. The largest absolute Gasteiger partial charge is 0.352 e. The number of hydrogen-bond donors (Lipinski definition) is 2. The highest BCUT2D eigenvalue weighted by Crippen LogP contribution is 2.22. The number of hydrogen-bond acceptors (Lipinski definition) is 1. The van der Waals surface area contributed by atoms with E-state index in [2.05, 4.69) is 41.0 Å². The molecule has 0 amide bonds. The lowest BCUT2D eigenvalue weighted by molar-refractivity contribution is 0.765. The third-order valence-electron chi connectivity index (χ3n) is 3.11. The first kappa shape index (κ1) is 11.9. The molecule has 3 rings (SSSR count). The van der Waals surface area contributed by atoms with Crippen molar-refractivity contribution in [2.24, 2.45) is 0 Å². The molecule has 94 valence electrons. The molecule has 2 aromatic rings. The van der Waals surface area contributed by atoms with Gasteiger partial charge in [-0.1, -0.05) is 60.7 Å². The van der Waals surface area contributed by atoms with Gasteiger partial charge in [0.1, 0.15) is 0 Å². The molecule has 0 radical (unpaired) electrons. The lowest BCUT2D eigenvalue weighted by Gasteiger charge is -2.26. The summed E-state index contributed by atoms with van der Waals surface area (Å²) < 4.78 is 0. The van der Waals surface area contributed by atoms with Gasteiger partial charge in [-0.05, 0) is 29.4 Å². The molecule has 2 aromatic carbocycles. The van der Waals surface area contributed by atoms with Crippen molar-refractivity contribution >= 4 is 23.0 Å². The Morgan fingerprint density at radius 3 is 2.16 bits per heavy atom. The van der Waals surface area contributed by atoms with E-state index in [1.807, 2.05) is 36.4 Å². The molecule has 1 atom stereocenters. The Balaban J connectivity index is 1.97. The molecule has 0 aromatic heterocycles. The summed E-state index contributed by atoms with van der Waals surface area (Å²) in [6.45, 7) is 0. The first-order valence-corrected chi connectivity index (χ1v) is 6.63. The van der Waals surface area contributed by atoms with E-state index in [-0.39, 0.29) is 6.04 Å². The second kappa shape index (κ2) is 5.24. The van der Waals surface area contributed by atoms with Crippen LogP contribution < -0.4 is 10.6 Å². The zero-order valence-corrected chi connectivity index (χ0v) is 11.2. The van der Waals surface area contributed by atoms with Gasteiger partial charge >= 0.3 is 0 Å². The summed E-state index contributed by atoms with van der Waals surface area (Å²) in [5.74, 6) is 0. The van der Waals surface area contributed by atoms with Crippen LogP contribution in [-0.4, -0.2) is 5.11 Å². The second-order valence-electron chi connectivity index (χ2n) is 4.43. The van der Waals surface area contributed by atoms with Crippen LogP contribution in [0.1, 0.15) is 17.2 Å². The molecule has 0 bridgehead atoms. The number of benzene rings is 2. The fourth-order valence-corrected chi connectivity index (χ4v) is 2.41. The second-order valence-corrected chi connectivity index (χ2v) is 4.84. The molecule has 0 aliphatic carbocycles. The van der Waals surface area contributed by atoms with Gasteiger partial charge in [-0.3, -0.25) is 0 Å². The minimum atomic E-state index is 0.116. The highest BCUT2D eigenvalue weighted by atomic mass is 32.1. The summed E-state index contributed by atoms with van der Waals surface area (Å²) in [5, 5.41) is 7.15. The fraction of sp³-hybridized carbons (Fsp3) is 0.0625. The molecule has 0 fully saturated rings. The summed E-state index contributed by atoms with van der Waals surface area (Å²) in [5.41, 5.74) is 3.41. The van der Waals surface area contributed by atoms with E-state index < -0.39 is 0 Å². The molecular formula is C16H14N2S. The lowest BCUT2D eigenvalue weighted by Crippen LogP contribution is -2.40. The van der Waals surface area contributed by atoms with Crippen LogP contribution in [0.5, 0.6) is 0 Å². The quantitative estimate of drug-likeness (QED) is 0.816. The maximum Gasteiger partial charge on any atom is 0.171 e. The van der Waals surface area contributed by atoms with Crippen molar-refractivity contribution in [2.45, 2.75) is 6.04 Å². The molecule has 19 heavy (non-hydrogen) atoms. The van der Waals surface area contributed by atoms with Crippen LogP contribution in [0.3, 0.4) is 0 Å². The van der Waals surface area contributed by atoms with Crippen molar-refractivity contribution in [2.75, 3.05) is 0 Å². The summed E-state index contributed by atoms with van der Waals surface area (Å²) in [6, 6.07) is 20.6. The third-order valence-corrected chi connectivity index (χ3v) is 3.33. The number of thiocarbonyl (C=S) groups is 1. The maximum atomic E-state index is 5.30. The smallest absolute Gasteiger partial charge is 0.171 e. The Kier molecular flexibility index (Phi) is 3.29. The predicted octanol–water partition coefficient (Wildman–Crippen LogP) is 3.25. The molecule has 2 nitrogen and oxygen atoms in total. The Morgan fingerprint density at radius 2 is 1.47 bits per heavy atom. The Hall–Kier alpha value is -2.13. The molecule has 2 N–H and O–H groups in total. The van der Waals surface area contributed by atoms with E-state index >= 15 is 0 Å². The van der Waals surface area contributed by atoms with Gasteiger partial charge in [0.15, 0.2) is 5.11 Å². The Bertz CT molecular complexity index is 605. The molecule has 1 aliphatic rings. The maximum absolute atomic E-state index is 5.30. The van der Waals surface area contributed by atoms with Crippen molar-refractivity contribution in [3.05, 3.63) is 77.9 Å². The van der Waals surface area contributed by atoms with Crippen LogP contribution >= 0.6 is 12.2 Å². The van der Waals surface area contributed by atoms with Crippen LogP contribution in [0, 0.1) is 0 Å². The van der Waals surface area contributed by atoms with E-state index in [0.29, 0.717) is 5.11 Å². The van der Waals surface area contributed by atoms with Crippen molar-refractivity contribution < 1.29 is 0 Å². The monoisotopic (exact) mass is 266 g/mol. The molecule has 0 saturated heterocycles. The molecule has 1 aliphatic heterocycles. The number of nitrogens with one attached hydrogen (secondary N) is 2. The van der Waals surface area contributed by atoms with Crippen LogP contribution in [0.25, 0.3) is 5.70 Å². The van der Waals surface area contributed by atoms with Gasteiger partial charge in [-0.25, -0.2) is 0 Å². The van der Waals surface area contributed by atoms with E-state index in [1.165, 1.54) is 5.56 Å². The predicted molar refractivity (Wildman–Crippen MR) is 82.5 cm³/mol. The normalized spacial score (nSPS) is 18.2. The SMILES string of the molecule is S=C1NC(c2ccccc2)=C[C@@H](c2ccccc2)N1. The molecular weight excluding hydrogens is 252 g/mol. The number of rotatable bonds is 2. The standard InChI is InChI=1S/C16H14N2S/c19-16-17-14(12-7-3-1-4-8-12)11-15(18-16)13-9-5-2-6-10-13/h1-11,14H,(H2,17,18,19)/t14-/m0/s1. The van der Waals surface area contributed by atoms with E-state index in [1.54, 1.807) is 0 Å². The van der Waals surface area contributed by atoms with E-state index in [9.17, 15) is 0 Å². The molecule has 0 spiro atoms. The summed E-state index contributed by atoms with van der Waals surface area (Å²) in [6.07, 6.45) is 2.17. The van der Waals surface area contributed by atoms with Gasteiger partial charge in [0, 0.05) is 5.70 Å². The van der Waals surface area contributed by atoms with Gasteiger partial charge in [-0.15, -0.1) is 0 Å². The van der Waals surface area contributed by atoms with Crippen LogP contribution in [-0.2, 0) is 0 Å². The summed E-state index contributed by atoms with van der Waals surface area (Å²) >= 11 is 5.30. The average Bonchev–Trinajstić information content (AvgIpc) is 2.48. The van der Waals surface area contributed by atoms with Gasteiger partial charge in [0.2, 0.25) is 0 Å². The zero-order chi connectivity index (χ0) is 13.1. The van der Waals surface area contributed by atoms with E-state index in [0.717, 1.165) is 11.3 Å². The van der Waals surface area contributed by atoms with Gasteiger partial charge in [0.25, 0.3) is 0 Å². The molecule has 1 heterocycles. The van der Waals surface area contributed by atoms with Gasteiger partial charge in [0.05, 0.1) is 6.04 Å². The topological polar surface area (TPSA) is 24.1 Å². The Labute approximate surface area is 118 Å². The average molecular weight is 266 g/mol. The zero-order valence-electron chi connectivity index (χ0n) is 10.3. The first-order valence-electron chi connectivity index (χ1n) is 6.22. The third kappa shape index (κ3) is 2.66. The van der Waals surface area contributed by atoms with Crippen molar-refractivity contribution in [3.63, 3.8) is 0 Å². The highest BCUT2D eigenvalue weighted by molar-refractivity contribution is 7.80. The molecule has 3 heteroatoms. The van der Waals surface area contributed by atoms with Crippen LogP contribution in [0.4, 0.5) is 0 Å². The van der Waals surface area contributed by atoms with Gasteiger partial charge < -0.3 is 10.6 Å². The summed E-state index contributed by atoms with van der Waals surface area (Å²) in [4.78, 5) is 0. The lowest BCUT2D eigenvalue weighted by atomic mass is 10.0. The minimum Gasteiger partial charge on any atom is -0.352 e. The van der Waals surface area contributed by atoms with Crippen LogP contribution in [0.2, 0.25) is 0 Å². The Morgan fingerprint density at radius 1 is 0.842 bits per heavy atom. The highest BCUT2D eigenvalue weighted by Gasteiger charge is 2.17. The minimum absolute atomic E-state index is 0.116.